The summed E-state index contributed by atoms with van der Waals surface area (Å²) >= 11 is 6.22. The highest BCUT2D eigenvalue weighted by molar-refractivity contribution is 8.04. The van der Waals surface area contributed by atoms with E-state index in [9.17, 15) is 30.8 Å². The Balaban J connectivity index is 1.51. The van der Waals surface area contributed by atoms with E-state index in [4.69, 9.17) is 11.6 Å². The van der Waals surface area contributed by atoms with Gasteiger partial charge in [-0.25, -0.2) is 26.0 Å². The number of benzene rings is 2. The molecule has 2 atom stereocenters. The quantitative estimate of drug-likeness (QED) is 0.475. The Bertz CT molecular complexity index is 1520. The monoisotopic (exact) mass is 612 g/mol. The third-order valence-corrected chi connectivity index (χ3v) is 10.4. The molecule has 2 saturated heterocycles. The predicted octanol–water partition coefficient (Wildman–Crippen LogP) is 3.43. The van der Waals surface area contributed by atoms with Crippen LogP contribution in [0.2, 0.25) is 5.02 Å². The molecule has 1 N–H and O–H groups in total. The molecule has 216 valence electrons. The first-order valence-corrected chi connectivity index (χ1v) is 16.5. The van der Waals surface area contributed by atoms with E-state index in [1.165, 1.54) is 30.4 Å². The van der Waals surface area contributed by atoms with E-state index in [0.29, 0.717) is 43.3 Å². The molecule has 3 amide bonds. The molecule has 2 aromatic carbocycles. The molecule has 2 aliphatic heterocycles. The molecule has 2 unspecified atom stereocenters. The number of aryl methyl sites for hydroxylation is 1. The van der Waals surface area contributed by atoms with Crippen LogP contribution in [0.3, 0.4) is 0 Å². The largest absolute Gasteiger partial charge is 0.349 e. The SMILES string of the molecule is Cc1cc(C=CC(=O)N2C3CCC2CN(Cc2ccc(F)cc2)C3)c(NC(=O)N(S(C)(=O)=O)S(C)(=O)=O)cc1Cl. The van der Waals surface area contributed by atoms with Crippen LogP contribution in [0.1, 0.15) is 29.5 Å². The van der Waals surface area contributed by atoms with Gasteiger partial charge in [0.25, 0.3) is 0 Å². The lowest BCUT2D eigenvalue weighted by molar-refractivity contribution is -0.131. The summed E-state index contributed by atoms with van der Waals surface area (Å²) < 4.78 is 61.0. The molecular weight excluding hydrogens is 583 g/mol. The number of sulfonamides is 2. The first-order chi connectivity index (χ1) is 18.6. The summed E-state index contributed by atoms with van der Waals surface area (Å²) in [6.45, 7) is 3.74. The highest BCUT2D eigenvalue weighted by Gasteiger charge is 2.41. The van der Waals surface area contributed by atoms with Crippen LogP contribution in [-0.2, 0) is 31.4 Å². The van der Waals surface area contributed by atoms with E-state index in [-0.39, 0.29) is 38.2 Å². The van der Waals surface area contributed by atoms with Crippen LogP contribution in [0.15, 0.2) is 42.5 Å². The van der Waals surface area contributed by atoms with Gasteiger partial charge in [0, 0.05) is 42.8 Å². The van der Waals surface area contributed by atoms with Crippen molar-refractivity contribution in [3.05, 3.63) is 70.0 Å². The molecular formula is C26H30ClFN4O6S2. The minimum absolute atomic E-state index is 0.0144. The number of hydrogen-bond donors (Lipinski definition) is 1. The molecule has 0 saturated carbocycles. The fourth-order valence-corrected chi connectivity index (χ4v) is 8.06. The number of carbonyl (C=O) groups is 2. The van der Waals surface area contributed by atoms with Crippen molar-refractivity contribution in [1.82, 2.24) is 13.5 Å². The number of hydrogen-bond acceptors (Lipinski definition) is 7. The van der Waals surface area contributed by atoms with Gasteiger partial charge < -0.3 is 10.2 Å². The first-order valence-electron chi connectivity index (χ1n) is 12.4. The molecule has 2 fully saturated rings. The number of amides is 3. The molecule has 14 heteroatoms. The van der Waals surface area contributed by atoms with Gasteiger partial charge in [0.05, 0.1) is 18.2 Å². The Labute approximate surface area is 238 Å². The summed E-state index contributed by atoms with van der Waals surface area (Å²) in [6, 6.07) is 7.97. The summed E-state index contributed by atoms with van der Waals surface area (Å²) in [5.74, 6) is -0.500. The fourth-order valence-electron chi connectivity index (χ4n) is 5.23. The van der Waals surface area contributed by atoms with Gasteiger partial charge >= 0.3 is 6.03 Å². The average Bonchev–Trinajstić information content (AvgIpc) is 3.10. The number of anilines is 1. The molecule has 0 radical (unpaired) electrons. The predicted molar refractivity (Wildman–Crippen MR) is 151 cm³/mol. The van der Waals surface area contributed by atoms with Crippen molar-refractivity contribution in [2.45, 2.75) is 38.4 Å². The zero-order valence-corrected chi connectivity index (χ0v) is 24.6. The second kappa shape index (κ2) is 11.5. The Morgan fingerprint density at radius 1 is 1.05 bits per heavy atom. The Hall–Kier alpha value is -3.00. The van der Waals surface area contributed by atoms with Crippen LogP contribution >= 0.6 is 11.6 Å². The van der Waals surface area contributed by atoms with Gasteiger partial charge in [0.2, 0.25) is 26.0 Å². The molecule has 2 bridgehead atoms. The van der Waals surface area contributed by atoms with Crippen LogP contribution in [0.4, 0.5) is 14.9 Å². The van der Waals surface area contributed by atoms with Gasteiger partial charge in [-0.3, -0.25) is 9.69 Å². The van der Waals surface area contributed by atoms with E-state index in [0.717, 1.165) is 18.4 Å². The van der Waals surface area contributed by atoms with Crippen LogP contribution in [0.5, 0.6) is 0 Å². The van der Waals surface area contributed by atoms with Crippen LogP contribution in [-0.4, -0.2) is 80.0 Å². The lowest BCUT2D eigenvalue weighted by atomic mass is 10.1. The lowest BCUT2D eigenvalue weighted by Crippen LogP contribution is -2.55. The number of carbonyl (C=O) groups excluding carboxylic acids is 2. The second-order valence-electron chi connectivity index (χ2n) is 10.1. The summed E-state index contributed by atoms with van der Waals surface area (Å²) in [7, 11) is -8.89. The number of nitrogens with zero attached hydrogens (tertiary/aromatic N) is 3. The maximum Gasteiger partial charge on any atom is 0.349 e. The van der Waals surface area contributed by atoms with Gasteiger partial charge in [0.1, 0.15) is 5.82 Å². The summed E-state index contributed by atoms with van der Waals surface area (Å²) in [6.07, 6.45) is 5.78. The van der Waals surface area contributed by atoms with Crippen molar-refractivity contribution in [1.29, 1.82) is 0 Å². The first kappa shape index (κ1) is 30.0. The third-order valence-electron chi connectivity index (χ3n) is 6.88. The normalized spacial score (nSPS) is 19.7. The molecule has 2 aliphatic rings. The fraction of sp³-hybridized carbons (Fsp3) is 0.385. The molecule has 2 heterocycles. The third kappa shape index (κ3) is 6.82. The Kier molecular flexibility index (Phi) is 8.60. The van der Waals surface area contributed by atoms with Gasteiger partial charge in [-0.15, -0.1) is 3.71 Å². The number of piperazine rings is 1. The number of nitrogens with one attached hydrogen (secondary N) is 1. The molecule has 4 rings (SSSR count). The molecule has 0 aromatic heterocycles. The summed E-state index contributed by atoms with van der Waals surface area (Å²) in [5.41, 5.74) is 2.00. The van der Waals surface area contributed by atoms with Crippen molar-refractivity contribution in [3.63, 3.8) is 0 Å². The Morgan fingerprint density at radius 2 is 1.62 bits per heavy atom. The van der Waals surface area contributed by atoms with Gasteiger partial charge in [-0.2, -0.15) is 0 Å². The van der Waals surface area contributed by atoms with Crippen molar-refractivity contribution >= 4 is 55.3 Å². The molecule has 10 nitrogen and oxygen atoms in total. The van der Waals surface area contributed by atoms with E-state index in [1.54, 1.807) is 25.1 Å². The maximum atomic E-state index is 13.3. The Morgan fingerprint density at radius 3 is 2.17 bits per heavy atom. The van der Waals surface area contributed by atoms with E-state index in [2.05, 4.69) is 10.2 Å². The standard InChI is InChI=1S/C26H30ClFN4O6S2/c1-17-12-19(24(13-23(17)27)29-26(34)32(39(2,35)36)40(3,37)38)6-11-25(33)31-21-9-10-22(31)16-30(15-21)14-18-4-7-20(28)8-5-18/h4-8,11-13,21-22H,9-10,14-16H2,1-3H3,(H,29,34). The summed E-state index contributed by atoms with van der Waals surface area (Å²) in [5, 5.41) is 2.54. The maximum absolute atomic E-state index is 13.3. The number of urea groups is 1. The van der Waals surface area contributed by atoms with E-state index >= 15 is 0 Å². The van der Waals surface area contributed by atoms with Gasteiger partial charge in [0.15, 0.2) is 0 Å². The molecule has 2 aromatic rings. The number of rotatable bonds is 7. The highest BCUT2D eigenvalue weighted by atomic mass is 35.5. The molecule has 0 aliphatic carbocycles. The van der Waals surface area contributed by atoms with Gasteiger partial charge in [-0.1, -0.05) is 23.7 Å². The minimum Gasteiger partial charge on any atom is -0.331 e. The zero-order chi connectivity index (χ0) is 29.4. The highest BCUT2D eigenvalue weighted by Crippen LogP contribution is 2.32. The molecule has 40 heavy (non-hydrogen) atoms. The van der Waals surface area contributed by atoms with Crippen LogP contribution in [0.25, 0.3) is 6.08 Å². The topological polar surface area (TPSA) is 124 Å². The van der Waals surface area contributed by atoms with Crippen molar-refractivity contribution in [2.75, 3.05) is 30.9 Å². The number of fused-ring (bicyclic) bond motifs is 2. The van der Waals surface area contributed by atoms with Crippen molar-refractivity contribution in [3.8, 4) is 0 Å². The summed E-state index contributed by atoms with van der Waals surface area (Å²) in [4.78, 5) is 30.1. The average molecular weight is 613 g/mol. The van der Waals surface area contributed by atoms with E-state index in [1.807, 2.05) is 4.90 Å². The van der Waals surface area contributed by atoms with E-state index < -0.39 is 26.1 Å². The van der Waals surface area contributed by atoms with Crippen LogP contribution in [0, 0.1) is 12.7 Å². The smallest absolute Gasteiger partial charge is 0.331 e. The van der Waals surface area contributed by atoms with Crippen LogP contribution < -0.4 is 5.32 Å². The van der Waals surface area contributed by atoms with Crippen molar-refractivity contribution in [2.24, 2.45) is 0 Å². The number of halogens is 2. The number of likely N-dealkylation sites (tertiary alicyclic amines) is 1. The minimum atomic E-state index is -4.44. The van der Waals surface area contributed by atoms with Gasteiger partial charge in [-0.05, 0) is 66.8 Å². The van der Waals surface area contributed by atoms with Crippen molar-refractivity contribution < 1.29 is 30.8 Å². The second-order valence-corrected chi connectivity index (χ2v) is 14.4. The lowest BCUT2D eigenvalue weighted by Gasteiger charge is -2.40. The zero-order valence-electron chi connectivity index (χ0n) is 22.2. The molecule has 0 spiro atoms.